The Morgan fingerprint density at radius 3 is 2.81 bits per heavy atom. The molecule has 2 aliphatic heterocycles. The second kappa shape index (κ2) is 5.83. The molecule has 0 spiro atoms. The lowest BCUT2D eigenvalue weighted by Gasteiger charge is -2.28. The van der Waals surface area contributed by atoms with Gasteiger partial charge >= 0.3 is 6.18 Å². The Labute approximate surface area is 153 Å². The Hall–Kier alpha value is -2.84. The van der Waals surface area contributed by atoms with Crippen molar-refractivity contribution in [1.82, 2.24) is 19.9 Å². The third-order valence-corrected chi connectivity index (χ3v) is 5.28. The topological polar surface area (TPSA) is 60.9 Å². The van der Waals surface area contributed by atoms with Gasteiger partial charge in [-0.1, -0.05) is 18.2 Å². The number of halogens is 3. The molecule has 2 aromatic heterocycles. The molecule has 1 N–H and O–H groups in total. The van der Waals surface area contributed by atoms with Crippen LogP contribution in [0.3, 0.4) is 0 Å². The van der Waals surface area contributed by atoms with Crippen LogP contribution in [0.2, 0.25) is 0 Å². The van der Waals surface area contributed by atoms with E-state index in [0.717, 1.165) is 19.4 Å². The molecular formula is C18H17F3N6. The Morgan fingerprint density at radius 1 is 1.11 bits per heavy atom. The van der Waals surface area contributed by atoms with Crippen molar-refractivity contribution in [2.75, 3.05) is 29.4 Å². The quantitative estimate of drug-likeness (QED) is 0.710. The Bertz CT molecular complexity index is 998. The lowest BCUT2D eigenvalue weighted by Crippen LogP contribution is -2.39. The van der Waals surface area contributed by atoms with E-state index in [0.29, 0.717) is 18.6 Å². The van der Waals surface area contributed by atoms with Crippen LogP contribution in [0.4, 0.5) is 24.7 Å². The fraction of sp³-hybridized carbons (Fsp3) is 0.389. The number of aromatic amines is 1. The number of fused-ring (bicyclic) bond motifs is 4. The summed E-state index contributed by atoms with van der Waals surface area (Å²) in [6.07, 6.45) is -1.52. The highest BCUT2D eigenvalue weighted by molar-refractivity contribution is 5.83. The van der Waals surface area contributed by atoms with Gasteiger partial charge in [-0.25, -0.2) is 15.0 Å². The second-order valence-corrected chi connectivity index (χ2v) is 6.95. The molecule has 1 atom stereocenters. The summed E-state index contributed by atoms with van der Waals surface area (Å²) < 4.78 is 39.8. The van der Waals surface area contributed by atoms with E-state index in [-0.39, 0.29) is 17.5 Å². The molecule has 3 aromatic rings. The van der Waals surface area contributed by atoms with Crippen LogP contribution in [0.25, 0.3) is 11.2 Å². The average Bonchev–Trinajstić information content (AvgIpc) is 3.18. The summed E-state index contributed by atoms with van der Waals surface area (Å²) in [5.41, 5.74) is 3.01. The highest BCUT2D eigenvalue weighted by Gasteiger charge is 2.38. The van der Waals surface area contributed by atoms with Crippen molar-refractivity contribution >= 4 is 22.7 Å². The fourth-order valence-corrected chi connectivity index (χ4v) is 4.13. The summed E-state index contributed by atoms with van der Waals surface area (Å²) >= 11 is 0. The van der Waals surface area contributed by atoms with Gasteiger partial charge in [-0.05, 0) is 24.5 Å². The maximum Gasteiger partial charge on any atom is 0.451 e. The standard InChI is InChI=1S/C18H17F3N6/c19-18(20,21)17-24-15-14(22-10-23-15)16(25-17)26-6-3-7-27-12(9-26)8-11-4-1-2-5-13(11)27/h1-2,4-5,10,12H,3,6-9H2,(H,22,23,24,25). The van der Waals surface area contributed by atoms with Crippen LogP contribution in [0.5, 0.6) is 0 Å². The van der Waals surface area contributed by atoms with Crippen LogP contribution in [0.15, 0.2) is 30.6 Å². The number of imidazole rings is 1. The number of rotatable bonds is 1. The van der Waals surface area contributed by atoms with Crippen LogP contribution >= 0.6 is 0 Å². The predicted molar refractivity (Wildman–Crippen MR) is 94.8 cm³/mol. The van der Waals surface area contributed by atoms with Crippen molar-refractivity contribution in [3.63, 3.8) is 0 Å². The number of nitrogens with one attached hydrogen (secondary N) is 1. The largest absolute Gasteiger partial charge is 0.451 e. The van der Waals surface area contributed by atoms with Gasteiger partial charge in [0.05, 0.1) is 12.4 Å². The van der Waals surface area contributed by atoms with Gasteiger partial charge in [0.2, 0.25) is 5.82 Å². The Morgan fingerprint density at radius 2 is 1.96 bits per heavy atom. The summed E-state index contributed by atoms with van der Waals surface area (Å²) in [5, 5.41) is 0. The van der Waals surface area contributed by atoms with E-state index in [9.17, 15) is 13.2 Å². The molecule has 0 bridgehead atoms. The second-order valence-electron chi connectivity index (χ2n) is 6.95. The highest BCUT2D eigenvalue weighted by atomic mass is 19.4. The maximum atomic E-state index is 13.3. The van der Waals surface area contributed by atoms with E-state index in [2.05, 4.69) is 37.0 Å². The molecule has 0 saturated carbocycles. The van der Waals surface area contributed by atoms with Crippen molar-refractivity contribution in [1.29, 1.82) is 0 Å². The van der Waals surface area contributed by atoms with E-state index in [4.69, 9.17) is 0 Å². The highest BCUT2D eigenvalue weighted by Crippen LogP contribution is 2.36. The summed E-state index contributed by atoms with van der Waals surface area (Å²) in [5.74, 6) is -0.865. The van der Waals surface area contributed by atoms with Crippen molar-refractivity contribution in [2.24, 2.45) is 0 Å². The molecule has 1 fully saturated rings. The lowest BCUT2D eigenvalue weighted by atomic mass is 10.1. The van der Waals surface area contributed by atoms with Crippen molar-refractivity contribution in [3.8, 4) is 0 Å². The molecular weight excluding hydrogens is 357 g/mol. The Balaban J connectivity index is 1.53. The maximum absolute atomic E-state index is 13.3. The normalized spacial score (nSPS) is 19.9. The molecule has 0 radical (unpaired) electrons. The first kappa shape index (κ1) is 16.3. The SMILES string of the molecule is FC(F)(F)c1nc(N2CCCN3c4ccccc4CC3C2)c2[nH]cnc2n1. The number of nitrogens with zero attached hydrogens (tertiary/aromatic N) is 5. The molecule has 1 saturated heterocycles. The van der Waals surface area contributed by atoms with Crippen molar-refractivity contribution in [2.45, 2.75) is 25.1 Å². The average molecular weight is 374 g/mol. The molecule has 1 unspecified atom stereocenters. The molecule has 140 valence electrons. The molecule has 5 rings (SSSR count). The number of anilines is 2. The number of alkyl halides is 3. The van der Waals surface area contributed by atoms with Crippen LogP contribution in [0.1, 0.15) is 17.8 Å². The summed E-state index contributed by atoms with van der Waals surface area (Å²) in [6, 6.07) is 8.50. The zero-order chi connectivity index (χ0) is 18.6. The number of hydrogen-bond acceptors (Lipinski definition) is 5. The smallest absolute Gasteiger partial charge is 0.366 e. The minimum atomic E-state index is -4.61. The first-order valence-corrected chi connectivity index (χ1v) is 8.88. The number of hydrogen-bond donors (Lipinski definition) is 1. The molecule has 27 heavy (non-hydrogen) atoms. The van der Waals surface area contributed by atoms with Crippen LogP contribution < -0.4 is 9.80 Å². The van der Waals surface area contributed by atoms with Crippen molar-refractivity contribution in [3.05, 3.63) is 42.0 Å². The number of aromatic nitrogens is 4. The molecule has 4 heterocycles. The summed E-state index contributed by atoms with van der Waals surface area (Å²) in [7, 11) is 0. The van der Waals surface area contributed by atoms with Gasteiger partial charge in [0.15, 0.2) is 11.5 Å². The van der Waals surface area contributed by atoms with E-state index >= 15 is 0 Å². The van der Waals surface area contributed by atoms with Gasteiger partial charge in [0, 0.05) is 25.3 Å². The minimum Gasteiger partial charge on any atom is -0.366 e. The van der Waals surface area contributed by atoms with Gasteiger partial charge in [0.25, 0.3) is 0 Å². The molecule has 0 amide bonds. The molecule has 0 aliphatic carbocycles. The molecule has 6 nitrogen and oxygen atoms in total. The summed E-state index contributed by atoms with van der Waals surface area (Å²) in [6.45, 7) is 2.12. The van der Waals surface area contributed by atoms with Gasteiger partial charge in [-0.2, -0.15) is 13.2 Å². The van der Waals surface area contributed by atoms with E-state index in [1.54, 1.807) is 0 Å². The molecule has 9 heteroatoms. The zero-order valence-corrected chi connectivity index (χ0v) is 14.4. The fourth-order valence-electron chi connectivity index (χ4n) is 4.13. The van der Waals surface area contributed by atoms with Gasteiger partial charge in [-0.15, -0.1) is 0 Å². The lowest BCUT2D eigenvalue weighted by molar-refractivity contribution is -0.144. The number of benzene rings is 1. The Kier molecular flexibility index (Phi) is 3.53. The van der Waals surface area contributed by atoms with Crippen LogP contribution in [-0.2, 0) is 12.6 Å². The van der Waals surface area contributed by atoms with Gasteiger partial charge in [0.1, 0.15) is 5.52 Å². The van der Waals surface area contributed by atoms with Gasteiger partial charge in [-0.3, -0.25) is 0 Å². The van der Waals surface area contributed by atoms with Crippen molar-refractivity contribution < 1.29 is 13.2 Å². The van der Waals surface area contributed by atoms with Gasteiger partial charge < -0.3 is 14.8 Å². The first-order valence-electron chi connectivity index (χ1n) is 8.88. The molecule has 1 aromatic carbocycles. The third kappa shape index (κ3) is 2.68. The van der Waals surface area contributed by atoms with E-state index < -0.39 is 12.0 Å². The minimum absolute atomic E-state index is 0.0446. The monoisotopic (exact) mass is 374 g/mol. The number of para-hydroxylation sites is 1. The first-order chi connectivity index (χ1) is 13.0. The van der Waals surface area contributed by atoms with E-state index in [1.165, 1.54) is 17.6 Å². The predicted octanol–water partition coefficient (Wildman–Crippen LogP) is 3.01. The van der Waals surface area contributed by atoms with E-state index in [1.807, 2.05) is 17.0 Å². The molecule has 2 aliphatic rings. The van der Waals surface area contributed by atoms with Crippen LogP contribution in [-0.4, -0.2) is 45.6 Å². The zero-order valence-electron chi connectivity index (χ0n) is 14.4. The van der Waals surface area contributed by atoms with Crippen LogP contribution in [0, 0.1) is 0 Å². The third-order valence-electron chi connectivity index (χ3n) is 5.28. The summed E-state index contributed by atoms with van der Waals surface area (Å²) in [4.78, 5) is 18.6. The number of H-pyrrole nitrogens is 1.